The molecule has 1 aliphatic carbocycles. The van der Waals surface area contributed by atoms with Gasteiger partial charge in [0.25, 0.3) is 0 Å². The average Bonchev–Trinajstić information content (AvgIpc) is 2.59. The minimum Gasteiger partial charge on any atom is -0.369 e. The Morgan fingerprint density at radius 2 is 1.77 bits per heavy atom. The number of ketones is 2. The van der Waals surface area contributed by atoms with Crippen LogP contribution < -0.4 is 11.2 Å². The molecule has 0 bridgehead atoms. The van der Waals surface area contributed by atoms with Crippen LogP contribution in [0.2, 0.25) is 0 Å². The molecule has 1 fully saturated rings. The second-order valence-electron chi connectivity index (χ2n) is 6.65. The number of hydrogen-bond acceptors (Lipinski definition) is 5. The van der Waals surface area contributed by atoms with Gasteiger partial charge < -0.3 is 5.73 Å². The lowest BCUT2D eigenvalue weighted by molar-refractivity contribution is -0.139. The minimum absolute atomic E-state index is 0.0701. The lowest BCUT2D eigenvalue weighted by Gasteiger charge is -2.34. The van der Waals surface area contributed by atoms with Crippen molar-refractivity contribution in [2.24, 2.45) is 11.1 Å². The van der Waals surface area contributed by atoms with Crippen molar-refractivity contribution in [2.75, 3.05) is 6.61 Å². The van der Waals surface area contributed by atoms with Crippen LogP contribution in [-0.2, 0) is 25.6 Å². The summed E-state index contributed by atoms with van der Waals surface area (Å²) in [5, 5.41) is 0. The Labute approximate surface area is 153 Å². The van der Waals surface area contributed by atoms with E-state index in [1.54, 1.807) is 0 Å². The predicted octanol–water partition coefficient (Wildman–Crippen LogP) is 2.23. The quantitative estimate of drug-likeness (QED) is 0.422. The van der Waals surface area contributed by atoms with E-state index in [1.165, 1.54) is 0 Å². The van der Waals surface area contributed by atoms with Crippen LogP contribution in [0.4, 0.5) is 0 Å². The van der Waals surface area contributed by atoms with Crippen LogP contribution in [0.5, 0.6) is 0 Å². The number of benzene rings is 1. The van der Waals surface area contributed by atoms with Gasteiger partial charge >= 0.3 is 0 Å². The third-order valence-electron chi connectivity index (χ3n) is 4.61. The molecule has 0 atom stereocenters. The number of nitrogens with two attached hydrogens (primary N) is 1. The first-order valence-corrected chi connectivity index (χ1v) is 8.94. The summed E-state index contributed by atoms with van der Waals surface area (Å²) in [7, 11) is 0. The zero-order valence-corrected chi connectivity index (χ0v) is 15.3. The third kappa shape index (κ3) is 4.38. The smallest absolute Gasteiger partial charge is 0.224 e. The highest BCUT2D eigenvalue weighted by Gasteiger charge is 2.47. The topological polar surface area (TPSA) is 98.5 Å². The number of rotatable bonds is 8. The highest BCUT2D eigenvalue weighted by atomic mass is 16.6. The van der Waals surface area contributed by atoms with Gasteiger partial charge in [-0.3, -0.25) is 24.7 Å². The Bertz CT molecular complexity index is 690. The molecule has 6 nitrogen and oxygen atoms in total. The van der Waals surface area contributed by atoms with Crippen LogP contribution in [0.25, 0.3) is 0 Å². The Morgan fingerprint density at radius 1 is 1.15 bits per heavy atom. The molecule has 6 heteroatoms. The Kier molecular flexibility index (Phi) is 6.69. The molecule has 0 spiro atoms. The van der Waals surface area contributed by atoms with Crippen molar-refractivity contribution >= 4 is 17.5 Å². The molecule has 0 unspecified atom stereocenters. The first kappa shape index (κ1) is 19.8. The van der Waals surface area contributed by atoms with E-state index in [2.05, 4.69) is 5.48 Å². The summed E-state index contributed by atoms with van der Waals surface area (Å²) in [4.78, 5) is 43.0. The largest absolute Gasteiger partial charge is 0.369 e. The summed E-state index contributed by atoms with van der Waals surface area (Å²) in [5.74, 6) is -1.32. The lowest BCUT2D eigenvalue weighted by atomic mass is 9.67. The van der Waals surface area contributed by atoms with Crippen LogP contribution >= 0.6 is 0 Å². The number of allylic oxidation sites excluding steroid dienone is 2. The Balaban J connectivity index is 2.35. The molecule has 140 valence electrons. The molecule has 1 saturated carbocycles. The first-order chi connectivity index (χ1) is 12.4. The van der Waals surface area contributed by atoms with Gasteiger partial charge in [0.1, 0.15) is 0 Å². The molecule has 1 aliphatic rings. The van der Waals surface area contributed by atoms with Crippen LogP contribution in [-0.4, -0.2) is 24.1 Å². The Morgan fingerprint density at radius 3 is 2.27 bits per heavy atom. The van der Waals surface area contributed by atoms with Crippen molar-refractivity contribution < 1.29 is 19.2 Å². The van der Waals surface area contributed by atoms with E-state index in [1.807, 2.05) is 44.2 Å². The molecule has 0 aromatic heterocycles. The fraction of sp³-hybridized carbons (Fsp3) is 0.450. The Hall–Kier alpha value is -2.47. The number of carbonyl (C=O) groups is 3. The SMILES string of the molecule is CCCC(NOCC)=C1C(=O)CC(Cc2ccccc2)(C(N)=O)CC1=O. The molecule has 2 rings (SSSR count). The van der Waals surface area contributed by atoms with E-state index in [0.29, 0.717) is 18.7 Å². The number of hydroxylamine groups is 1. The summed E-state index contributed by atoms with van der Waals surface area (Å²) in [5.41, 5.74) is 8.67. The second kappa shape index (κ2) is 8.76. The summed E-state index contributed by atoms with van der Waals surface area (Å²) < 4.78 is 0. The van der Waals surface area contributed by atoms with E-state index >= 15 is 0 Å². The maximum Gasteiger partial charge on any atom is 0.224 e. The van der Waals surface area contributed by atoms with Crippen LogP contribution in [0.1, 0.15) is 45.1 Å². The number of amides is 1. The van der Waals surface area contributed by atoms with Gasteiger partial charge in [-0.1, -0.05) is 43.7 Å². The molecule has 0 aliphatic heterocycles. The van der Waals surface area contributed by atoms with E-state index < -0.39 is 11.3 Å². The van der Waals surface area contributed by atoms with Crippen molar-refractivity contribution in [1.29, 1.82) is 0 Å². The van der Waals surface area contributed by atoms with Gasteiger partial charge in [-0.05, 0) is 25.3 Å². The summed E-state index contributed by atoms with van der Waals surface area (Å²) in [6, 6.07) is 9.31. The van der Waals surface area contributed by atoms with Gasteiger partial charge in [0.2, 0.25) is 5.91 Å². The average molecular weight is 358 g/mol. The summed E-state index contributed by atoms with van der Waals surface area (Å²) in [6.07, 6.45) is 1.41. The van der Waals surface area contributed by atoms with Crippen LogP contribution in [0.3, 0.4) is 0 Å². The molecule has 1 aromatic carbocycles. The van der Waals surface area contributed by atoms with Crippen LogP contribution in [0, 0.1) is 5.41 Å². The van der Waals surface area contributed by atoms with Crippen molar-refractivity contribution in [3.05, 3.63) is 47.2 Å². The first-order valence-electron chi connectivity index (χ1n) is 8.94. The lowest BCUT2D eigenvalue weighted by Crippen LogP contribution is -2.47. The standard InChI is InChI=1S/C20H26N2O4/c1-3-8-15(22-26-4-2)18-16(23)12-20(19(21)25,13-17(18)24)11-14-9-6-5-7-10-14/h5-7,9-10,22H,3-4,8,11-13H2,1-2H3,(H2,21,25). The molecule has 3 N–H and O–H groups in total. The van der Waals surface area contributed by atoms with Gasteiger partial charge in [0, 0.05) is 12.8 Å². The summed E-state index contributed by atoms with van der Waals surface area (Å²) >= 11 is 0. The highest BCUT2D eigenvalue weighted by Crippen LogP contribution is 2.39. The number of carbonyl (C=O) groups excluding carboxylic acids is 3. The molecular weight excluding hydrogens is 332 g/mol. The van der Waals surface area contributed by atoms with Gasteiger partial charge in [-0.25, -0.2) is 0 Å². The normalized spacial score (nSPS) is 20.2. The highest BCUT2D eigenvalue weighted by molar-refractivity contribution is 6.24. The van der Waals surface area contributed by atoms with E-state index in [-0.39, 0.29) is 36.4 Å². The maximum atomic E-state index is 12.8. The van der Waals surface area contributed by atoms with Crippen molar-refractivity contribution in [3.8, 4) is 0 Å². The zero-order valence-electron chi connectivity index (χ0n) is 15.3. The second-order valence-corrected chi connectivity index (χ2v) is 6.65. The van der Waals surface area contributed by atoms with Crippen molar-refractivity contribution in [3.63, 3.8) is 0 Å². The van der Waals surface area contributed by atoms with E-state index in [0.717, 1.165) is 12.0 Å². The number of primary amides is 1. The molecule has 1 aromatic rings. The fourth-order valence-corrected chi connectivity index (χ4v) is 3.36. The summed E-state index contributed by atoms with van der Waals surface area (Å²) in [6.45, 7) is 4.17. The fourth-order valence-electron chi connectivity index (χ4n) is 3.36. The maximum absolute atomic E-state index is 12.8. The molecular formula is C20H26N2O4. The van der Waals surface area contributed by atoms with Crippen LogP contribution in [0.15, 0.2) is 41.6 Å². The van der Waals surface area contributed by atoms with Gasteiger partial charge in [-0.15, -0.1) is 0 Å². The van der Waals surface area contributed by atoms with Gasteiger partial charge in [0.05, 0.1) is 23.3 Å². The molecule has 0 radical (unpaired) electrons. The zero-order chi connectivity index (χ0) is 19.2. The molecule has 1 amide bonds. The van der Waals surface area contributed by atoms with E-state index in [9.17, 15) is 14.4 Å². The monoisotopic (exact) mass is 358 g/mol. The minimum atomic E-state index is -1.18. The number of nitrogens with one attached hydrogen (secondary N) is 1. The number of hydrogen-bond donors (Lipinski definition) is 2. The van der Waals surface area contributed by atoms with Crippen molar-refractivity contribution in [1.82, 2.24) is 5.48 Å². The number of Topliss-reactive ketones (excluding diaryl/α,β-unsaturated/α-hetero) is 2. The van der Waals surface area contributed by atoms with E-state index in [4.69, 9.17) is 10.6 Å². The van der Waals surface area contributed by atoms with Crippen molar-refractivity contribution in [2.45, 2.75) is 46.0 Å². The molecule has 0 heterocycles. The molecule has 0 saturated heterocycles. The predicted molar refractivity (Wildman–Crippen MR) is 97.7 cm³/mol. The van der Waals surface area contributed by atoms with Gasteiger partial charge in [0.15, 0.2) is 11.6 Å². The third-order valence-corrected chi connectivity index (χ3v) is 4.61. The molecule has 26 heavy (non-hydrogen) atoms. The van der Waals surface area contributed by atoms with Gasteiger partial charge in [-0.2, -0.15) is 0 Å².